The van der Waals surface area contributed by atoms with Crippen molar-refractivity contribution >= 4 is 17.3 Å². The molecule has 0 aromatic heterocycles. The van der Waals surface area contributed by atoms with E-state index in [1.54, 1.807) is 4.90 Å². The molecule has 0 radical (unpaired) electrons. The van der Waals surface area contributed by atoms with E-state index in [9.17, 15) is 0 Å². The van der Waals surface area contributed by atoms with E-state index in [-0.39, 0.29) is 0 Å². The molecule has 2 N–H and O–H groups in total. The minimum absolute atomic E-state index is 0.822. The monoisotopic (exact) mass is 308 g/mol. The third-order valence-electron chi connectivity index (χ3n) is 3.84. The zero-order chi connectivity index (χ0) is 15.1. The molecule has 0 amide bonds. The zero-order valence-corrected chi connectivity index (χ0v) is 13.8. The molecule has 1 aliphatic heterocycles. The number of hydrogen-bond donors (Lipinski definition) is 2. The van der Waals surface area contributed by atoms with Gasteiger partial charge in [0.2, 0.25) is 0 Å². The highest BCUT2D eigenvalue weighted by Crippen LogP contribution is 2.05. The van der Waals surface area contributed by atoms with Crippen LogP contribution in [0.5, 0.6) is 0 Å². The lowest BCUT2D eigenvalue weighted by Crippen LogP contribution is -3.14. The summed E-state index contributed by atoms with van der Waals surface area (Å²) in [5.74, 6) is 0. The summed E-state index contributed by atoms with van der Waals surface area (Å²) in [5, 5.41) is 4.18. The van der Waals surface area contributed by atoms with Crippen LogP contribution < -0.4 is 10.2 Å². The Morgan fingerprint density at radius 3 is 2.62 bits per heavy atom. The number of quaternary nitrogens is 1. The van der Waals surface area contributed by atoms with E-state index < -0.39 is 0 Å². The van der Waals surface area contributed by atoms with Gasteiger partial charge in [0.05, 0.1) is 26.3 Å². The van der Waals surface area contributed by atoms with Gasteiger partial charge < -0.3 is 19.9 Å². The van der Waals surface area contributed by atoms with Crippen molar-refractivity contribution in [2.75, 3.05) is 46.4 Å². The van der Waals surface area contributed by atoms with Gasteiger partial charge in [-0.1, -0.05) is 29.8 Å². The number of rotatable bonds is 5. The van der Waals surface area contributed by atoms with Gasteiger partial charge in [-0.15, -0.1) is 0 Å². The van der Waals surface area contributed by atoms with Crippen LogP contribution in [0.4, 0.5) is 0 Å². The molecule has 1 aromatic rings. The molecule has 2 rings (SSSR count). The predicted octanol–water partition coefficient (Wildman–Crippen LogP) is 0.216. The minimum Gasteiger partial charge on any atom is -0.370 e. The van der Waals surface area contributed by atoms with E-state index in [1.807, 2.05) is 7.05 Å². The number of benzene rings is 1. The Morgan fingerprint density at radius 1 is 1.29 bits per heavy atom. The van der Waals surface area contributed by atoms with Gasteiger partial charge in [-0.05, 0) is 24.7 Å². The normalized spacial score (nSPS) is 15.7. The first-order valence-corrected chi connectivity index (χ1v) is 8.02. The average molecular weight is 308 g/mol. The fourth-order valence-electron chi connectivity index (χ4n) is 2.43. The highest BCUT2D eigenvalue weighted by Gasteiger charge is 2.13. The summed E-state index contributed by atoms with van der Waals surface area (Å²) < 4.78 is 5.36. The van der Waals surface area contributed by atoms with Gasteiger partial charge in [0.1, 0.15) is 13.1 Å². The van der Waals surface area contributed by atoms with Crippen LogP contribution in [0.2, 0.25) is 0 Å². The summed E-state index contributed by atoms with van der Waals surface area (Å²) in [6.07, 6.45) is 0. The molecule has 0 saturated carbocycles. The molecule has 5 heteroatoms. The van der Waals surface area contributed by atoms with Crippen LogP contribution in [-0.2, 0) is 11.3 Å². The van der Waals surface area contributed by atoms with E-state index in [0.717, 1.165) is 51.0 Å². The van der Waals surface area contributed by atoms with Gasteiger partial charge in [-0.25, -0.2) is 0 Å². The number of morpholine rings is 1. The van der Waals surface area contributed by atoms with Gasteiger partial charge in [-0.3, -0.25) is 0 Å². The molecule has 1 aromatic carbocycles. The Kier molecular flexibility index (Phi) is 6.42. The Balaban J connectivity index is 1.68. The number of aryl methyl sites for hydroxylation is 1. The second-order valence-electron chi connectivity index (χ2n) is 5.69. The highest BCUT2D eigenvalue weighted by molar-refractivity contribution is 7.80. The lowest BCUT2D eigenvalue weighted by Gasteiger charge is -2.25. The molecule has 0 aliphatic carbocycles. The molecule has 1 fully saturated rings. The second kappa shape index (κ2) is 8.32. The van der Waals surface area contributed by atoms with Crippen LogP contribution in [0.15, 0.2) is 24.3 Å². The van der Waals surface area contributed by atoms with E-state index in [1.165, 1.54) is 11.1 Å². The number of hydrogen-bond acceptors (Lipinski definition) is 2. The maximum Gasteiger partial charge on any atom is 0.169 e. The molecule has 0 unspecified atom stereocenters. The molecular weight excluding hydrogens is 282 g/mol. The Labute approximate surface area is 133 Å². The Hall–Kier alpha value is -1.17. The average Bonchev–Trinajstić information content (AvgIpc) is 2.50. The van der Waals surface area contributed by atoms with E-state index in [2.05, 4.69) is 41.4 Å². The third kappa shape index (κ3) is 5.61. The smallest absolute Gasteiger partial charge is 0.169 e. The summed E-state index contributed by atoms with van der Waals surface area (Å²) in [6.45, 7) is 8.94. The summed E-state index contributed by atoms with van der Waals surface area (Å²) in [4.78, 5) is 3.69. The van der Waals surface area contributed by atoms with Crippen LogP contribution in [0.1, 0.15) is 11.1 Å². The molecule has 0 atom stereocenters. The maximum absolute atomic E-state index is 5.45. The first-order valence-electron chi connectivity index (χ1n) is 7.61. The number of thiocarbonyl (C=S) groups is 1. The quantitative estimate of drug-likeness (QED) is 0.762. The minimum atomic E-state index is 0.822. The van der Waals surface area contributed by atoms with Gasteiger partial charge in [0.15, 0.2) is 5.11 Å². The van der Waals surface area contributed by atoms with Crippen LogP contribution in [0, 0.1) is 6.92 Å². The fraction of sp³-hybridized carbons (Fsp3) is 0.562. The summed E-state index contributed by atoms with van der Waals surface area (Å²) in [5.41, 5.74) is 2.57. The van der Waals surface area contributed by atoms with Crippen molar-refractivity contribution in [3.05, 3.63) is 35.4 Å². The third-order valence-corrected chi connectivity index (χ3v) is 4.30. The SMILES string of the molecule is Cc1ccc(CN(C)C(=S)NCC[NH+]2CCOCC2)cc1. The largest absolute Gasteiger partial charge is 0.370 e. The number of nitrogens with one attached hydrogen (secondary N) is 2. The van der Waals surface area contributed by atoms with Crippen molar-refractivity contribution in [3.63, 3.8) is 0 Å². The van der Waals surface area contributed by atoms with E-state index in [0.29, 0.717) is 0 Å². The fourth-order valence-corrected chi connectivity index (χ4v) is 2.60. The van der Waals surface area contributed by atoms with Crippen molar-refractivity contribution < 1.29 is 9.64 Å². The van der Waals surface area contributed by atoms with Gasteiger partial charge >= 0.3 is 0 Å². The van der Waals surface area contributed by atoms with Crippen LogP contribution in [-0.4, -0.2) is 56.5 Å². The van der Waals surface area contributed by atoms with Crippen molar-refractivity contribution in [3.8, 4) is 0 Å². The predicted molar refractivity (Wildman–Crippen MR) is 89.6 cm³/mol. The van der Waals surface area contributed by atoms with Gasteiger partial charge in [0.25, 0.3) is 0 Å². The summed E-state index contributed by atoms with van der Waals surface area (Å²) in [6, 6.07) is 8.60. The summed E-state index contributed by atoms with van der Waals surface area (Å²) in [7, 11) is 2.04. The molecule has 1 heterocycles. The molecular formula is C16H26N3OS+. The molecule has 1 aliphatic rings. The van der Waals surface area contributed by atoms with Crippen LogP contribution >= 0.6 is 12.2 Å². The van der Waals surface area contributed by atoms with E-state index >= 15 is 0 Å². The molecule has 0 bridgehead atoms. The van der Waals surface area contributed by atoms with E-state index in [4.69, 9.17) is 17.0 Å². The van der Waals surface area contributed by atoms with Crippen LogP contribution in [0.25, 0.3) is 0 Å². The van der Waals surface area contributed by atoms with Gasteiger partial charge in [0, 0.05) is 13.6 Å². The standard InChI is InChI=1S/C16H25N3OS/c1-14-3-5-15(6-4-14)13-18(2)16(21)17-7-8-19-9-11-20-12-10-19/h3-6H,7-13H2,1-2H3,(H,17,21)/p+1. The molecule has 0 spiro atoms. The molecule has 1 saturated heterocycles. The second-order valence-corrected chi connectivity index (χ2v) is 6.07. The lowest BCUT2D eigenvalue weighted by molar-refractivity contribution is -0.906. The molecule has 21 heavy (non-hydrogen) atoms. The Bertz CT molecular complexity index is 443. The molecule has 116 valence electrons. The zero-order valence-electron chi connectivity index (χ0n) is 13.0. The topological polar surface area (TPSA) is 28.9 Å². The molecule has 4 nitrogen and oxygen atoms in total. The van der Waals surface area contributed by atoms with Crippen molar-refractivity contribution in [1.82, 2.24) is 10.2 Å². The lowest BCUT2D eigenvalue weighted by atomic mass is 10.1. The first-order chi connectivity index (χ1) is 10.1. The van der Waals surface area contributed by atoms with Crippen molar-refractivity contribution in [2.24, 2.45) is 0 Å². The highest BCUT2D eigenvalue weighted by atomic mass is 32.1. The number of ether oxygens (including phenoxy) is 1. The van der Waals surface area contributed by atoms with Crippen LogP contribution in [0.3, 0.4) is 0 Å². The van der Waals surface area contributed by atoms with Gasteiger partial charge in [-0.2, -0.15) is 0 Å². The summed E-state index contributed by atoms with van der Waals surface area (Å²) >= 11 is 5.45. The van der Waals surface area contributed by atoms with Crippen molar-refractivity contribution in [1.29, 1.82) is 0 Å². The first kappa shape index (κ1) is 16.2. The van der Waals surface area contributed by atoms with Crippen molar-refractivity contribution in [2.45, 2.75) is 13.5 Å². The number of nitrogens with zero attached hydrogens (tertiary/aromatic N) is 1. The maximum atomic E-state index is 5.45. The Morgan fingerprint density at radius 2 is 1.95 bits per heavy atom.